The molecule has 2 rings (SSSR count). The number of nitrogens with zero attached hydrogens (tertiary/aromatic N) is 2. The summed E-state index contributed by atoms with van der Waals surface area (Å²) in [4.78, 5) is 6.60. The molecule has 0 radical (unpaired) electrons. The highest BCUT2D eigenvalue weighted by atomic mass is 79.9. The Morgan fingerprint density at radius 3 is 2.93 bits per heavy atom. The van der Waals surface area contributed by atoms with E-state index in [-0.39, 0.29) is 6.10 Å². The van der Waals surface area contributed by atoms with Crippen molar-refractivity contribution in [2.75, 3.05) is 18.0 Å². The Hall–Kier alpha value is -0.610. The van der Waals surface area contributed by atoms with Gasteiger partial charge >= 0.3 is 0 Å². The molecule has 2 heterocycles. The molecule has 82 valence electrons. The summed E-state index contributed by atoms with van der Waals surface area (Å²) in [5.41, 5.74) is 0. The van der Waals surface area contributed by atoms with Crippen molar-refractivity contribution in [1.82, 2.24) is 4.98 Å². The number of rotatable bonds is 1. The van der Waals surface area contributed by atoms with Gasteiger partial charge in [-0.3, -0.25) is 0 Å². The summed E-state index contributed by atoms with van der Waals surface area (Å²) in [5, 5.41) is 9.54. The van der Waals surface area contributed by atoms with E-state index in [1.54, 1.807) is 0 Å². The van der Waals surface area contributed by atoms with Crippen LogP contribution >= 0.6 is 15.9 Å². The van der Waals surface area contributed by atoms with E-state index in [1.165, 1.54) is 0 Å². The van der Waals surface area contributed by atoms with E-state index in [2.05, 4.69) is 25.8 Å². The van der Waals surface area contributed by atoms with Gasteiger partial charge in [0.1, 0.15) is 5.82 Å². The van der Waals surface area contributed by atoms with Crippen molar-refractivity contribution in [2.24, 2.45) is 0 Å². The Balaban J connectivity index is 2.06. The molecule has 1 saturated heterocycles. The lowest BCUT2D eigenvalue weighted by atomic mass is 10.2. The molecule has 0 bridgehead atoms. The second-order valence-corrected chi connectivity index (χ2v) is 4.82. The van der Waals surface area contributed by atoms with E-state index >= 15 is 0 Å². The van der Waals surface area contributed by atoms with Crippen LogP contribution in [0.2, 0.25) is 0 Å². The van der Waals surface area contributed by atoms with Crippen LogP contribution < -0.4 is 4.90 Å². The van der Waals surface area contributed by atoms with Gasteiger partial charge in [0, 0.05) is 23.8 Å². The van der Waals surface area contributed by atoms with Crippen molar-refractivity contribution in [2.45, 2.75) is 25.4 Å². The topological polar surface area (TPSA) is 36.4 Å². The molecule has 1 aromatic heterocycles. The molecule has 1 fully saturated rings. The lowest BCUT2D eigenvalue weighted by Gasteiger charge is -2.21. The number of hydrogen-bond donors (Lipinski definition) is 1. The van der Waals surface area contributed by atoms with Crippen molar-refractivity contribution < 1.29 is 5.11 Å². The molecule has 0 saturated carbocycles. The number of aromatic nitrogens is 1. The zero-order valence-corrected chi connectivity index (χ0v) is 10.2. The summed E-state index contributed by atoms with van der Waals surface area (Å²) in [6, 6.07) is 4.02. The minimum absolute atomic E-state index is 0.134. The van der Waals surface area contributed by atoms with Gasteiger partial charge in [-0.2, -0.15) is 0 Å². The lowest BCUT2D eigenvalue weighted by molar-refractivity contribution is 0.161. The molecule has 15 heavy (non-hydrogen) atoms. The summed E-state index contributed by atoms with van der Waals surface area (Å²) >= 11 is 3.37. The minimum atomic E-state index is -0.134. The third-order valence-corrected chi connectivity index (χ3v) is 3.20. The summed E-state index contributed by atoms with van der Waals surface area (Å²) < 4.78 is 1.00. The van der Waals surface area contributed by atoms with Gasteiger partial charge in [0.05, 0.1) is 6.10 Å². The predicted molar refractivity (Wildman–Crippen MR) is 64.0 cm³/mol. The van der Waals surface area contributed by atoms with Gasteiger partial charge in [-0.15, -0.1) is 0 Å². The number of aliphatic hydroxyl groups excluding tert-OH is 1. The first-order valence-electron chi connectivity index (χ1n) is 5.30. The van der Waals surface area contributed by atoms with Gasteiger partial charge in [0.25, 0.3) is 0 Å². The minimum Gasteiger partial charge on any atom is -0.393 e. The molecule has 0 spiro atoms. The van der Waals surface area contributed by atoms with Crippen molar-refractivity contribution in [3.63, 3.8) is 0 Å². The van der Waals surface area contributed by atoms with Crippen LogP contribution in [0, 0.1) is 0 Å². The van der Waals surface area contributed by atoms with Crippen LogP contribution in [0.4, 0.5) is 5.82 Å². The van der Waals surface area contributed by atoms with Crippen molar-refractivity contribution >= 4 is 21.7 Å². The van der Waals surface area contributed by atoms with Crippen LogP contribution in [-0.2, 0) is 0 Å². The van der Waals surface area contributed by atoms with E-state index in [0.29, 0.717) is 0 Å². The van der Waals surface area contributed by atoms with E-state index in [1.807, 2.05) is 18.3 Å². The molecule has 1 N–H and O–H groups in total. The van der Waals surface area contributed by atoms with Crippen LogP contribution in [0.1, 0.15) is 19.3 Å². The molecule has 1 aliphatic rings. The normalized spacial score (nSPS) is 22.5. The molecule has 4 heteroatoms. The molecule has 0 aromatic carbocycles. The Labute approximate surface area is 98.3 Å². The highest BCUT2D eigenvalue weighted by molar-refractivity contribution is 9.10. The number of halogens is 1. The fourth-order valence-corrected chi connectivity index (χ4v) is 2.10. The summed E-state index contributed by atoms with van der Waals surface area (Å²) in [6.45, 7) is 1.89. The molecule has 0 aliphatic carbocycles. The maximum atomic E-state index is 9.54. The predicted octanol–water partition coefficient (Wildman–Crippen LogP) is 2.20. The smallest absolute Gasteiger partial charge is 0.128 e. The first-order chi connectivity index (χ1) is 7.25. The molecule has 0 amide bonds. The van der Waals surface area contributed by atoms with Crippen LogP contribution in [0.3, 0.4) is 0 Å². The zero-order valence-electron chi connectivity index (χ0n) is 8.56. The first kappa shape index (κ1) is 10.9. The Kier molecular flexibility index (Phi) is 3.59. The maximum absolute atomic E-state index is 9.54. The quantitative estimate of drug-likeness (QED) is 0.850. The van der Waals surface area contributed by atoms with Gasteiger partial charge in [0.15, 0.2) is 0 Å². The molecular weight excluding hydrogens is 256 g/mol. The Morgan fingerprint density at radius 1 is 1.33 bits per heavy atom. The SMILES string of the molecule is OC1CCCN(c2ccc(Br)cn2)CC1. The van der Waals surface area contributed by atoms with Crippen molar-refractivity contribution in [1.29, 1.82) is 0 Å². The van der Waals surface area contributed by atoms with Crippen molar-refractivity contribution in [3.8, 4) is 0 Å². The van der Waals surface area contributed by atoms with Crippen molar-refractivity contribution in [3.05, 3.63) is 22.8 Å². The summed E-state index contributed by atoms with van der Waals surface area (Å²) in [6.07, 6.45) is 4.48. The number of hydrogen-bond acceptors (Lipinski definition) is 3. The molecule has 1 aliphatic heterocycles. The van der Waals surface area contributed by atoms with Crippen LogP contribution in [0.25, 0.3) is 0 Å². The van der Waals surface area contributed by atoms with Gasteiger partial charge < -0.3 is 10.0 Å². The van der Waals surface area contributed by atoms with Crippen LogP contribution in [-0.4, -0.2) is 29.3 Å². The largest absolute Gasteiger partial charge is 0.393 e. The van der Waals surface area contributed by atoms with Gasteiger partial charge in [-0.05, 0) is 47.3 Å². The van der Waals surface area contributed by atoms with Gasteiger partial charge in [-0.25, -0.2) is 4.98 Å². The van der Waals surface area contributed by atoms with E-state index in [9.17, 15) is 5.11 Å². The fraction of sp³-hybridized carbons (Fsp3) is 0.545. The second-order valence-electron chi connectivity index (χ2n) is 3.91. The summed E-state index contributed by atoms with van der Waals surface area (Å²) in [7, 11) is 0. The number of anilines is 1. The molecule has 3 nitrogen and oxygen atoms in total. The fourth-order valence-electron chi connectivity index (χ4n) is 1.86. The molecule has 1 atom stereocenters. The molecule has 1 unspecified atom stereocenters. The number of pyridine rings is 1. The average Bonchev–Trinajstić information content (AvgIpc) is 2.44. The second kappa shape index (κ2) is 4.94. The lowest BCUT2D eigenvalue weighted by Crippen LogP contribution is -2.25. The first-order valence-corrected chi connectivity index (χ1v) is 6.09. The van der Waals surface area contributed by atoms with E-state index < -0.39 is 0 Å². The standard InChI is InChI=1S/C11H15BrN2O/c12-9-3-4-11(13-8-9)14-6-1-2-10(15)5-7-14/h3-4,8,10,15H,1-2,5-7H2. The zero-order chi connectivity index (χ0) is 10.7. The third kappa shape index (κ3) is 2.92. The van der Waals surface area contributed by atoms with Gasteiger partial charge in [0.2, 0.25) is 0 Å². The highest BCUT2D eigenvalue weighted by Gasteiger charge is 2.15. The Bertz CT molecular complexity index is 315. The summed E-state index contributed by atoms with van der Waals surface area (Å²) in [5.74, 6) is 1.01. The monoisotopic (exact) mass is 270 g/mol. The van der Waals surface area contributed by atoms with Crippen LogP contribution in [0.15, 0.2) is 22.8 Å². The average molecular weight is 271 g/mol. The maximum Gasteiger partial charge on any atom is 0.128 e. The third-order valence-electron chi connectivity index (χ3n) is 2.73. The van der Waals surface area contributed by atoms with E-state index in [0.717, 1.165) is 42.6 Å². The van der Waals surface area contributed by atoms with E-state index in [4.69, 9.17) is 0 Å². The molecule has 1 aromatic rings. The number of aliphatic hydroxyl groups is 1. The van der Waals surface area contributed by atoms with Gasteiger partial charge in [-0.1, -0.05) is 0 Å². The Morgan fingerprint density at radius 2 is 2.20 bits per heavy atom. The highest BCUT2D eigenvalue weighted by Crippen LogP contribution is 2.19. The van der Waals surface area contributed by atoms with Crippen LogP contribution in [0.5, 0.6) is 0 Å². The molecular formula is C11H15BrN2O.